The number of amides is 1. The Morgan fingerprint density at radius 1 is 1.13 bits per heavy atom. The standard InChI is InChI=1S/C22H22ClN7O/c1-2-3-8-18-25-20(23)19(21(24)31)30(18)13-14-9-11-15(12-10-14)16-6-4-5-7-17(16)22-26-28-29-27-22/h4-7,9-12H,2-3,8,13H2,1H3,(H2,24,31)(H,26,27,28,29). The molecule has 2 heterocycles. The highest BCUT2D eigenvalue weighted by Crippen LogP contribution is 2.30. The number of unbranched alkanes of at least 4 members (excludes halogenated alkanes) is 1. The summed E-state index contributed by atoms with van der Waals surface area (Å²) in [6.45, 7) is 2.57. The van der Waals surface area contributed by atoms with E-state index in [0.717, 1.165) is 47.3 Å². The Hall–Kier alpha value is -3.52. The first kappa shape index (κ1) is 20.7. The van der Waals surface area contributed by atoms with Gasteiger partial charge in [0.25, 0.3) is 5.91 Å². The zero-order valence-corrected chi connectivity index (χ0v) is 17.8. The summed E-state index contributed by atoms with van der Waals surface area (Å²) in [4.78, 5) is 16.3. The minimum Gasteiger partial charge on any atom is -0.364 e. The number of hydrogen-bond acceptors (Lipinski definition) is 5. The van der Waals surface area contributed by atoms with E-state index in [-0.39, 0.29) is 10.8 Å². The van der Waals surface area contributed by atoms with Gasteiger partial charge in [-0.25, -0.2) is 10.1 Å². The Kier molecular flexibility index (Phi) is 6.08. The lowest BCUT2D eigenvalue weighted by Gasteiger charge is -2.12. The van der Waals surface area contributed by atoms with E-state index >= 15 is 0 Å². The monoisotopic (exact) mass is 435 g/mol. The SMILES string of the molecule is CCCCc1nc(Cl)c(C(N)=O)n1Cc1ccc(-c2ccccc2-c2nnn[nH]2)cc1. The van der Waals surface area contributed by atoms with E-state index in [1.54, 1.807) is 0 Å². The molecule has 158 valence electrons. The van der Waals surface area contributed by atoms with Crippen LogP contribution in [0.4, 0.5) is 0 Å². The summed E-state index contributed by atoms with van der Waals surface area (Å²) in [6.07, 6.45) is 2.71. The van der Waals surface area contributed by atoms with Crippen LogP contribution in [-0.4, -0.2) is 36.1 Å². The van der Waals surface area contributed by atoms with Crippen LogP contribution in [0.5, 0.6) is 0 Å². The van der Waals surface area contributed by atoms with E-state index in [2.05, 4.69) is 32.5 Å². The van der Waals surface area contributed by atoms with Gasteiger partial charge in [-0.05, 0) is 33.5 Å². The van der Waals surface area contributed by atoms with Crippen molar-refractivity contribution in [1.82, 2.24) is 30.2 Å². The van der Waals surface area contributed by atoms with Crippen molar-refractivity contribution in [2.75, 3.05) is 0 Å². The van der Waals surface area contributed by atoms with Crippen LogP contribution >= 0.6 is 11.6 Å². The molecule has 0 bridgehead atoms. The number of carbonyl (C=O) groups is 1. The van der Waals surface area contributed by atoms with Gasteiger partial charge in [0.1, 0.15) is 11.5 Å². The Bertz CT molecular complexity index is 1180. The molecule has 0 saturated heterocycles. The number of carbonyl (C=O) groups excluding carboxylic acids is 1. The average molecular weight is 436 g/mol. The van der Waals surface area contributed by atoms with Crippen LogP contribution in [0.3, 0.4) is 0 Å². The molecule has 2 aromatic heterocycles. The molecule has 0 aliphatic carbocycles. The number of aromatic nitrogens is 6. The van der Waals surface area contributed by atoms with Crippen molar-refractivity contribution < 1.29 is 4.79 Å². The summed E-state index contributed by atoms with van der Waals surface area (Å²) >= 11 is 6.21. The van der Waals surface area contributed by atoms with E-state index in [1.165, 1.54) is 0 Å². The molecule has 4 rings (SSSR count). The van der Waals surface area contributed by atoms with Crippen LogP contribution in [0.1, 0.15) is 41.6 Å². The Morgan fingerprint density at radius 2 is 1.87 bits per heavy atom. The summed E-state index contributed by atoms with van der Waals surface area (Å²) in [5.41, 5.74) is 9.79. The van der Waals surface area contributed by atoms with Gasteiger partial charge in [-0.15, -0.1) is 5.10 Å². The third-order valence-electron chi connectivity index (χ3n) is 5.12. The number of rotatable bonds is 8. The minimum absolute atomic E-state index is 0.157. The highest BCUT2D eigenvalue weighted by Gasteiger charge is 2.20. The molecule has 0 fully saturated rings. The number of primary amides is 1. The third kappa shape index (κ3) is 4.34. The Morgan fingerprint density at radius 3 is 2.52 bits per heavy atom. The normalized spacial score (nSPS) is 11.0. The molecular formula is C22H22ClN7O. The molecule has 0 atom stereocenters. The summed E-state index contributed by atoms with van der Waals surface area (Å²) in [5, 5.41) is 14.3. The number of halogens is 1. The molecule has 2 aromatic carbocycles. The fourth-order valence-corrected chi connectivity index (χ4v) is 3.88. The smallest absolute Gasteiger partial charge is 0.268 e. The highest BCUT2D eigenvalue weighted by molar-refractivity contribution is 6.32. The molecule has 0 aliphatic rings. The first-order chi connectivity index (χ1) is 15.1. The second-order valence-electron chi connectivity index (χ2n) is 7.21. The van der Waals surface area contributed by atoms with Crippen molar-refractivity contribution in [2.45, 2.75) is 32.7 Å². The van der Waals surface area contributed by atoms with Crippen LogP contribution in [0.2, 0.25) is 5.15 Å². The predicted octanol–water partition coefficient (Wildman–Crippen LogP) is 3.87. The van der Waals surface area contributed by atoms with Gasteiger partial charge in [0.05, 0.1) is 0 Å². The van der Waals surface area contributed by atoms with Crippen molar-refractivity contribution >= 4 is 17.5 Å². The maximum absolute atomic E-state index is 12.0. The molecule has 3 N–H and O–H groups in total. The fourth-order valence-electron chi connectivity index (χ4n) is 3.58. The van der Waals surface area contributed by atoms with Crippen molar-refractivity contribution in [3.8, 4) is 22.5 Å². The highest BCUT2D eigenvalue weighted by atomic mass is 35.5. The van der Waals surface area contributed by atoms with Gasteiger partial charge in [-0.2, -0.15) is 0 Å². The van der Waals surface area contributed by atoms with E-state index in [4.69, 9.17) is 17.3 Å². The van der Waals surface area contributed by atoms with E-state index in [9.17, 15) is 4.79 Å². The molecule has 0 spiro atoms. The largest absolute Gasteiger partial charge is 0.364 e. The van der Waals surface area contributed by atoms with E-state index in [0.29, 0.717) is 12.4 Å². The first-order valence-electron chi connectivity index (χ1n) is 10.1. The quantitative estimate of drug-likeness (QED) is 0.435. The number of nitrogens with two attached hydrogens (primary N) is 1. The van der Waals surface area contributed by atoms with Crippen LogP contribution in [0, 0.1) is 0 Å². The number of imidazole rings is 1. The Balaban J connectivity index is 1.65. The maximum Gasteiger partial charge on any atom is 0.268 e. The van der Waals surface area contributed by atoms with Gasteiger partial charge in [0.15, 0.2) is 11.0 Å². The van der Waals surface area contributed by atoms with E-state index < -0.39 is 5.91 Å². The first-order valence-corrected chi connectivity index (χ1v) is 10.4. The average Bonchev–Trinajstić information content (AvgIpc) is 3.41. The lowest BCUT2D eigenvalue weighted by molar-refractivity contribution is 0.0991. The van der Waals surface area contributed by atoms with Gasteiger partial charge >= 0.3 is 0 Å². The van der Waals surface area contributed by atoms with Crippen molar-refractivity contribution in [3.63, 3.8) is 0 Å². The second kappa shape index (κ2) is 9.09. The number of tetrazole rings is 1. The number of aryl methyl sites for hydroxylation is 1. The minimum atomic E-state index is -0.577. The second-order valence-corrected chi connectivity index (χ2v) is 7.57. The fraction of sp³-hybridized carbons (Fsp3) is 0.227. The van der Waals surface area contributed by atoms with Crippen LogP contribution in [0.25, 0.3) is 22.5 Å². The molecule has 0 saturated carbocycles. The number of hydrogen-bond donors (Lipinski definition) is 2. The summed E-state index contributed by atoms with van der Waals surface area (Å²) in [5.74, 6) is 0.804. The van der Waals surface area contributed by atoms with Crippen molar-refractivity contribution in [2.24, 2.45) is 5.73 Å². The van der Waals surface area contributed by atoms with Gasteiger partial charge in [-0.1, -0.05) is 73.5 Å². The summed E-state index contributed by atoms with van der Waals surface area (Å²) < 4.78 is 1.82. The summed E-state index contributed by atoms with van der Waals surface area (Å²) in [6, 6.07) is 16.0. The molecule has 4 aromatic rings. The van der Waals surface area contributed by atoms with Crippen LogP contribution in [-0.2, 0) is 13.0 Å². The number of aromatic amines is 1. The molecular weight excluding hydrogens is 414 g/mol. The van der Waals surface area contributed by atoms with Gasteiger partial charge in [0.2, 0.25) is 0 Å². The molecule has 0 unspecified atom stereocenters. The van der Waals surface area contributed by atoms with Crippen LogP contribution < -0.4 is 5.73 Å². The maximum atomic E-state index is 12.0. The zero-order valence-electron chi connectivity index (χ0n) is 17.0. The summed E-state index contributed by atoms with van der Waals surface area (Å²) in [7, 11) is 0. The lowest BCUT2D eigenvalue weighted by Crippen LogP contribution is -2.19. The lowest BCUT2D eigenvalue weighted by atomic mass is 9.98. The number of nitrogens with zero attached hydrogens (tertiary/aromatic N) is 5. The molecule has 1 amide bonds. The van der Waals surface area contributed by atoms with Crippen molar-refractivity contribution in [3.05, 3.63) is 70.8 Å². The molecule has 9 heteroatoms. The number of nitrogens with one attached hydrogen (secondary N) is 1. The zero-order chi connectivity index (χ0) is 21.8. The number of benzene rings is 2. The van der Waals surface area contributed by atoms with Gasteiger partial charge < -0.3 is 10.3 Å². The predicted molar refractivity (Wildman–Crippen MR) is 119 cm³/mol. The molecule has 8 nitrogen and oxygen atoms in total. The molecule has 31 heavy (non-hydrogen) atoms. The third-order valence-corrected chi connectivity index (χ3v) is 5.39. The topological polar surface area (TPSA) is 115 Å². The van der Waals surface area contributed by atoms with Gasteiger partial charge in [-0.3, -0.25) is 4.79 Å². The molecule has 0 radical (unpaired) electrons. The van der Waals surface area contributed by atoms with Crippen LogP contribution in [0.15, 0.2) is 48.5 Å². The molecule has 0 aliphatic heterocycles. The number of H-pyrrole nitrogens is 1. The van der Waals surface area contributed by atoms with Gasteiger partial charge in [0, 0.05) is 18.5 Å². The Labute approximate surface area is 184 Å². The van der Waals surface area contributed by atoms with Crippen molar-refractivity contribution in [1.29, 1.82) is 0 Å². The van der Waals surface area contributed by atoms with E-state index in [1.807, 2.05) is 53.1 Å².